The summed E-state index contributed by atoms with van der Waals surface area (Å²) >= 11 is 0. The van der Waals surface area contributed by atoms with Crippen molar-refractivity contribution in [2.24, 2.45) is 5.73 Å². The number of piperidine rings is 1. The molecule has 5 nitrogen and oxygen atoms in total. The number of ether oxygens (including phenoxy) is 1. The Morgan fingerprint density at radius 1 is 1.42 bits per heavy atom. The van der Waals surface area contributed by atoms with E-state index in [2.05, 4.69) is 4.90 Å². The van der Waals surface area contributed by atoms with Crippen molar-refractivity contribution in [3.05, 3.63) is 0 Å². The van der Waals surface area contributed by atoms with Crippen molar-refractivity contribution in [3.63, 3.8) is 0 Å². The number of carbonyl (C=O) groups is 1. The molecule has 0 bridgehead atoms. The molecule has 0 radical (unpaired) electrons. The molecule has 1 fully saturated rings. The maximum absolute atomic E-state index is 11.9. The van der Waals surface area contributed by atoms with Gasteiger partial charge in [-0.1, -0.05) is 0 Å². The molecule has 5 heteroatoms. The number of likely N-dealkylation sites (tertiary alicyclic amines) is 1. The summed E-state index contributed by atoms with van der Waals surface area (Å²) in [5, 5.41) is 0. The van der Waals surface area contributed by atoms with Crippen LogP contribution in [0.15, 0.2) is 0 Å². The van der Waals surface area contributed by atoms with Crippen LogP contribution in [0.25, 0.3) is 0 Å². The SMILES string of the molecule is CCOC1CCN(CCC(=O)N(C)CCCN)CC1. The number of nitrogens with two attached hydrogens (primary N) is 1. The Balaban J connectivity index is 2.14. The predicted octanol–water partition coefficient (Wildman–Crippen LogP) is 0.685. The minimum atomic E-state index is 0.223. The lowest BCUT2D eigenvalue weighted by Crippen LogP contribution is -2.39. The second-order valence-electron chi connectivity index (χ2n) is 5.20. The summed E-state index contributed by atoms with van der Waals surface area (Å²) in [5.41, 5.74) is 5.45. The minimum Gasteiger partial charge on any atom is -0.378 e. The fraction of sp³-hybridized carbons (Fsp3) is 0.929. The summed E-state index contributed by atoms with van der Waals surface area (Å²) in [4.78, 5) is 16.0. The Hall–Kier alpha value is -0.650. The third-order valence-corrected chi connectivity index (χ3v) is 3.70. The van der Waals surface area contributed by atoms with E-state index in [1.807, 2.05) is 14.0 Å². The molecule has 0 aromatic carbocycles. The zero-order chi connectivity index (χ0) is 14.1. The molecule has 1 rings (SSSR count). The van der Waals surface area contributed by atoms with E-state index in [-0.39, 0.29) is 5.91 Å². The van der Waals surface area contributed by atoms with Crippen molar-refractivity contribution in [3.8, 4) is 0 Å². The van der Waals surface area contributed by atoms with E-state index in [9.17, 15) is 4.79 Å². The van der Waals surface area contributed by atoms with Gasteiger partial charge in [0.2, 0.25) is 5.91 Å². The van der Waals surface area contributed by atoms with Crippen LogP contribution in [-0.4, -0.2) is 68.2 Å². The summed E-state index contributed by atoms with van der Waals surface area (Å²) in [5.74, 6) is 0.223. The number of amides is 1. The summed E-state index contributed by atoms with van der Waals surface area (Å²) in [6.07, 6.45) is 4.09. The first-order valence-electron chi connectivity index (χ1n) is 7.45. The van der Waals surface area contributed by atoms with Crippen LogP contribution >= 0.6 is 0 Å². The van der Waals surface area contributed by atoms with Gasteiger partial charge in [-0.3, -0.25) is 4.79 Å². The molecule has 0 atom stereocenters. The highest BCUT2D eigenvalue weighted by Crippen LogP contribution is 2.13. The maximum Gasteiger partial charge on any atom is 0.223 e. The molecular formula is C14H29N3O2. The molecule has 0 aromatic rings. The summed E-state index contributed by atoms with van der Waals surface area (Å²) in [7, 11) is 1.86. The molecule has 1 amide bonds. The second kappa shape index (κ2) is 9.28. The van der Waals surface area contributed by atoms with Gasteiger partial charge in [0.25, 0.3) is 0 Å². The molecule has 2 N–H and O–H groups in total. The van der Waals surface area contributed by atoms with E-state index >= 15 is 0 Å². The third-order valence-electron chi connectivity index (χ3n) is 3.70. The molecule has 0 saturated carbocycles. The van der Waals surface area contributed by atoms with Gasteiger partial charge in [0, 0.05) is 46.3 Å². The van der Waals surface area contributed by atoms with Crippen LogP contribution in [0, 0.1) is 0 Å². The molecule has 0 unspecified atom stereocenters. The molecule has 0 aromatic heterocycles. The number of rotatable bonds is 8. The predicted molar refractivity (Wildman–Crippen MR) is 77.0 cm³/mol. The quantitative estimate of drug-likeness (QED) is 0.705. The lowest BCUT2D eigenvalue weighted by Gasteiger charge is -2.31. The van der Waals surface area contributed by atoms with Crippen LogP contribution in [0.2, 0.25) is 0 Å². The molecule has 1 saturated heterocycles. The lowest BCUT2D eigenvalue weighted by atomic mass is 10.1. The first-order valence-corrected chi connectivity index (χ1v) is 7.45. The van der Waals surface area contributed by atoms with Crippen LogP contribution in [0.1, 0.15) is 32.6 Å². The molecule has 1 heterocycles. The monoisotopic (exact) mass is 271 g/mol. The van der Waals surface area contributed by atoms with Crippen LogP contribution in [0.4, 0.5) is 0 Å². The third kappa shape index (κ3) is 6.36. The Bertz CT molecular complexity index is 253. The molecule has 1 aliphatic rings. The van der Waals surface area contributed by atoms with Gasteiger partial charge < -0.3 is 20.3 Å². The van der Waals surface area contributed by atoms with Crippen LogP contribution in [0.3, 0.4) is 0 Å². The zero-order valence-corrected chi connectivity index (χ0v) is 12.4. The molecule has 0 spiro atoms. The van der Waals surface area contributed by atoms with Gasteiger partial charge in [0.1, 0.15) is 0 Å². The Kier molecular flexibility index (Phi) is 8.02. The number of nitrogens with zero attached hydrogens (tertiary/aromatic N) is 2. The van der Waals surface area contributed by atoms with Crippen molar-refractivity contribution in [1.29, 1.82) is 0 Å². The van der Waals surface area contributed by atoms with Gasteiger partial charge >= 0.3 is 0 Å². The van der Waals surface area contributed by atoms with Crippen LogP contribution in [-0.2, 0) is 9.53 Å². The van der Waals surface area contributed by atoms with Crippen molar-refractivity contribution < 1.29 is 9.53 Å². The van der Waals surface area contributed by atoms with Gasteiger partial charge in [0.05, 0.1) is 6.10 Å². The van der Waals surface area contributed by atoms with Crippen molar-refractivity contribution in [2.75, 3.05) is 46.4 Å². The highest BCUT2D eigenvalue weighted by atomic mass is 16.5. The smallest absolute Gasteiger partial charge is 0.223 e. The molecule has 112 valence electrons. The normalized spacial score (nSPS) is 17.6. The van der Waals surface area contributed by atoms with Crippen molar-refractivity contribution in [2.45, 2.75) is 38.7 Å². The standard InChI is InChI=1S/C14H29N3O2/c1-3-19-13-5-10-17(11-6-13)12-7-14(18)16(2)9-4-8-15/h13H,3-12,15H2,1-2H3. The van der Waals surface area contributed by atoms with Crippen LogP contribution < -0.4 is 5.73 Å². The van der Waals surface area contributed by atoms with Crippen LogP contribution in [0.5, 0.6) is 0 Å². The Morgan fingerprint density at radius 3 is 2.68 bits per heavy atom. The molecule has 1 aliphatic heterocycles. The molecule has 19 heavy (non-hydrogen) atoms. The second-order valence-corrected chi connectivity index (χ2v) is 5.20. The highest BCUT2D eigenvalue weighted by Gasteiger charge is 2.20. The van der Waals surface area contributed by atoms with E-state index < -0.39 is 0 Å². The maximum atomic E-state index is 11.9. The van der Waals surface area contributed by atoms with Gasteiger partial charge in [-0.2, -0.15) is 0 Å². The van der Waals surface area contributed by atoms with E-state index in [1.165, 1.54) is 0 Å². The largest absolute Gasteiger partial charge is 0.378 e. The summed E-state index contributed by atoms with van der Waals surface area (Å²) in [6, 6.07) is 0. The fourth-order valence-corrected chi connectivity index (χ4v) is 2.43. The van der Waals surface area contributed by atoms with E-state index in [0.717, 1.165) is 52.0 Å². The minimum absolute atomic E-state index is 0.223. The van der Waals surface area contributed by atoms with Gasteiger partial charge in [-0.05, 0) is 32.7 Å². The van der Waals surface area contributed by atoms with Crippen molar-refractivity contribution in [1.82, 2.24) is 9.80 Å². The molecular weight excluding hydrogens is 242 g/mol. The number of carbonyl (C=O) groups excluding carboxylic acids is 1. The van der Waals surface area contributed by atoms with E-state index in [0.29, 0.717) is 19.1 Å². The van der Waals surface area contributed by atoms with Gasteiger partial charge in [-0.15, -0.1) is 0 Å². The lowest BCUT2D eigenvalue weighted by molar-refractivity contribution is -0.130. The van der Waals surface area contributed by atoms with E-state index in [4.69, 9.17) is 10.5 Å². The Morgan fingerprint density at radius 2 is 2.11 bits per heavy atom. The topological polar surface area (TPSA) is 58.8 Å². The first kappa shape index (κ1) is 16.4. The zero-order valence-electron chi connectivity index (χ0n) is 12.4. The average molecular weight is 271 g/mol. The summed E-state index contributed by atoms with van der Waals surface area (Å²) in [6.45, 7) is 7.21. The van der Waals surface area contributed by atoms with Gasteiger partial charge in [-0.25, -0.2) is 0 Å². The highest BCUT2D eigenvalue weighted by molar-refractivity contribution is 5.76. The van der Waals surface area contributed by atoms with E-state index in [1.54, 1.807) is 4.90 Å². The average Bonchev–Trinajstić information content (AvgIpc) is 2.44. The molecule has 0 aliphatic carbocycles. The van der Waals surface area contributed by atoms with Gasteiger partial charge in [0.15, 0.2) is 0 Å². The summed E-state index contributed by atoms with van der Waals surface area (Å²) < 4.78 is 5.63. The number of hydrogen-bond acceptors (Lipinski definition) is 4. The number of hydrogen-bond donors (Lipinski definition) is 1. The first-order chi connectivity index (χ1) is 9.17. The Labute approximate surface area is 117 Å². The van der Waals surface area contributed by atoms with Crippen molar-refractivity contribution >= 4 is 5.91 Å². The fourth-order valence-electron chi connectivity index (χ4n) is 2.43.